The number of nitrogens with one attached hydrogen (secondary N) is 2. The quantitative estimate of drug-likeness (QED) is 0.780. The third-order valence-electron chi connectivity index (χ3n) is 5.92. The summed E-state index contributed by atoms with van der Waals surface area (Å²) in [4.78, 5) is 12.7. The predicted molar refractivity (Wildman–Crippen MR) is 70.0 cm³/mol. The summed E-state index contributed by atoms with van der Waals surface area (Å²) in [5.41, 5.74) is 0.0390. The van der Waals surface area contributed by atoms with Crippen molar-refractivity contribution in [1.29, 1.82) is 0 Å². The van der Waals surface area contributed by atoms with E-state index >= 15 is 0 Å². The smallest absolute Gasteiger partial charge is 0.226 e. The van der Waals surface area contributed by atoms with Crippen LogP contribution in [-0.2, 0) is 4.79 Å². The van der Waals surface area contributed by atoms with Crippen LogP contribution in [0.5, 0.6) is 0 Å². The molecule has 5 aliphatic rings. The van der Waals surface area contributed by atoms with Gasteiger partial charge in [0.15, 0.2) is 0 Å². The molecule has 1 heterocycles. The number of rotatable bonds is 2. The lowest BCUT2D eigenvalue weighted by atomic mass is 9.49. The molecule has 3 nitrogen and oxygen atoms in total. The summed E-state index contributed by atoms with van der Waals surface area (Å²) in [5, 5.41) is 6.67. The third-order valence-corrected chi connectivity index (χ3v) is 5.92. The van der Waals surface area contributed by atoms with Crippen LogP contribution in [0.4, 0.5) is 0 Å². The Balaban J connectivity index is 1.50. The molecule has 0 aromatic carbocycles. The van der Waals surface area contributed by atoms with Crippen molar-refractivity contribution in [3.05, 3.63) is 0 Å². The van der Waals surface area contributed by atoms with Crippen LogP contribution < -0.4 is 10.6 Å². The van der Waals surface area contributed by atoms with E-state index in [9.17, 15) is 4.79 Å². The Bertz CT molecular complexity index is 324. The Morgan fingerprint density at radius 2 is 1.67 bits per heavy atom. The van der Waals surface area contributed by atoms with Crippen molar-refractivity contribution in [2.24, 2.45) is 23.2 Å². The SMILES string of the molecule is O=C(N[C@H]1CCNC1)C12CC3CC(CC(C3)C1)C2. The van der Waals surface area contributed by atoms with Gasteiger partial charge in [-0.2, -0.15) is 0 Å². The monoisotopic (exact) mass is 248 g/mol. The zero-order chi connectivity index (χ0) is 12.2. The van der Waals surface area contributed by atoms with Gasteiger partial charge in [0.25, 0.3) is 0 Å². The third kappa shape index (κ3) is 1.70. The Kier molecular flexibility index (Phi) is 2.48. The molecule has 4 bridgehead atoms. The first-order valence-corrected chi connectivity index (χ1v) is 7.75. The first-order chi connectivity index (χ1) is 8.73. The van der Waals surface area contributed by atoms with Gasteiger partial charge in [-0.15, -0.1) is 0 Å². The number of carbonyl (C=O) groups is 1. The largest absolute Gasteiger partial charge is 0.352 e. The van der Waals surface area contributed by atoms with E-state index in [1.165, 1.54) is 38.5 Å². The average molecular weight is 248 g/mol. The van der Waals surface area contributed by atoms with E-state index in [4.69, 9.17) is 0 Å². The van der Waals surface area contributed by atoms with Crippen molar-refractivity contribution in [2.45, 2.75) is 51.0 Å². The highest BCUT2D eigenvalue weighted by atomic mass is 16.2. The molecule has 4 saturated carbocycles. The van der Waals surface area contributed by atoms with Crippen LogP contribution in [-0.4, -0.2) is 25.0 Å². The van der Waals surface area contributed by atoms with Crippen LogP contribution in [0.25, 0.3) is 0 Å². The topological polar surface area (TPSA) is 41.1 Å². The highest BCUT2D eigenvalue weighted by Crippen LogP contribution is 2.60. The first-order valence-electron chi connectivity index (χ1n) is 7.75. The van der Waals surface area contributed by atoms with Crippen molar-refractivity contribution in [2.75, 3.05) is 13.1 Å². The fourth-order valence-electron chi connectivity index (χ4n) is 5.51. The molecule has 100 valence electrons. The summed E-state index contributed by atoms with van der Waals surface area (Å²) in [5.74, 6) is 2.99. The van der Waals surface area contributed by atoms with Gasteiger partial charge >= 0.3 is 0 Å². The lowest BCUT2D eigenvalue weighted by Gasteiger charge is -2.55. The molecule has 1 amide bonds. The maximum Gasteiger partial charge on any atom is 0.226 e. The van der Waals surface area contributed by atoms with Crippen LogP contribution in [0.1, 0.15) is 44.9 Å². The van der Waals surface area contributed by atoms with E-state index in [1.807, 2.05) is 0 Å². The minimum atomic E-state index is 0.0390. The summed E-state index contributed by atoms with van der Waals surface area (Å²) in [6.07, 6.45) is 8.91. The van der Waals surface area contributed by atoms with Gasteiger partial charge in [0, 0.05) is 18.0 Å². The zero-order valence-corrected chi connectivity index (χ0v) is 11.1. The van der Waals surface area contributed by atoms with Crippen LogP contribution in [0.15, 0.2) is 0 Å². The molecule has 0 spiro atoms. The van der Waals surface area contributed by atoms with E-state index in [2.05, 4.69) is 10.6 Å². The summed E-state index contributed by atoms with van der Waals surface area (Å²) in [6, 6.07) is 0.394. The standard InChI is InChI=1S/C15H24N2O/c18-14(17-13-1-2-16-9-13)15-6-10-3-11(7-15)5-12(4-10)8-15/h10-13,16H,1-9H2,(H,17,18)/t10?,11?,12?,13-,15?/m0/s1. The molecule has 5 rings (SSSR count). The second-order valence-corrected chi connectivity index (χ2v) is 7.36. The van der Waals surface area contributed by atoms with Gasteiger partial charge in [-0.1, -0.05) is 0 Å². The Morgan fingerprint density at radius 1 is 1.06 bits per heavy atom. The van der Waals surface area contributed by atoms with E-state index < -0.39 is 0 Å². The van der Waals surface area contributed by atoms with Gasteiger partial charge in [-0.25, -0.2) is 0 Å². The number of amides is 1. The Hall–Kier alpha value is -0.570. The highest BCUT2D eigenvalue weighted by Gasteiger charge is 2.54. The van der Waals surface area contributed by atoms with Crippen LogP contribution in [0.3, 0.4) is 0 Å². The summed E-state index contributed by atoms with van der Waals surface area (Å²) >= 11 is 0. The van der Waals surface area contributed by atoms with Crippen molar-refractivity contribution >= 4 is 5.91 Å². The second-order valence-electron chi connectivity index (χ2n) is 7.36. The molecule has 3 heteroatoms. The average Bonchev–Trinajstić information content (AvgIpc) is 2.79. The van der Waals surface area contributed by atoms with Gasteiger partial charge in [-0.3, -0.25) is 4.79 Å². The fourth-order valence-corrected chi connectivity index (χ4v) is 5.51. The number of carbonyl (C=O) groups excluding carboxylic acids is 1. The van der Waals surface area contributed by atoms with Gasteiger partial charge < -0.3 is 10.6 Å². The molecule has 1 saturated heterocycles. The molecular formula is C15H24N2O. The molecule has 0 aromatic rings. The lowest BCUT2D eigenvalue weighted by molar-refractivity contribution is -0.146. The van der Waals surface area contributed by atoms with Gasteiger partial charge in [0.1, 0.15) is 0 Å². The van der Waals surface area contributed by atoms with E-state index in [1.54, 1.807) is 0 Å². The minimum absolute atomic E-state index is 0.0390. The van der Waals surface area contributed by atoms with E-state index in [0.29, 0.717) is 11.9 Å². The van der Waals surface area contributed by atoms with Crippen molar-refractivity contribution in [3.8, 4) is 0 Å². The first kappa shape index (κ1) is 11.3. The Morgan fingerprint density at radius 3 is 2.17 bits per heavy atom. The maximum atomic E-state index is 12.7. The summed E-state index contributed by atoms with van der Waals surface area (Å²) in [6.45, 7) is 2.03. The second kappa shape index (κ2) is 3.96. The molecule has 1 aliphatic heterocycles. The minimum Gasteiger partial charge on any atom is -0.352 e. The van der Waals surface area contributed by atoms with Crippen molar-refractivity contribution < 1.29 is 4.79 Å². The molecular weight excluding hydrogens is 224 g/mol. The van der Waals surface area contributed by atoms with Gasteiger partial charge in [0.05, 0.1) is 0 Å². The highest BCUT2D eigenvalue weighted by molar-refractivity contribution is 5.83. The lowest BCUT2D eigenvalue weighted by Crippen LogP contribution is -2.55. The molecule has 0 unspecified atom stereocenters. The summed E-state index contributed by atoms with van der Waals surface area (Å²) in [7, 11) is 0. The van der Waals surface area contributed by atoms with Crippen LogP contribution in [0.2, 0.25) is 0 Å². The van der Waals surface area contributed by atoms with Gasteiger partial charge in [0.2, 0.25) is 5.91 Å². The molecule has 5 fully saturated rings. The molecule has 0 aromatic heterocycles. The molecule has 1 atom stereocenters. The Labute approximate surface area is 109 Å². The molecule has 4 aliphatic carbocycles. The normalized spacial score (nSPS) is 49.6. The zero-order valence-electron chi connectivity index (χ0n) is 11.1. The van der Waals surface area contributed by atoms with E-state index in [0.717, 1.165) is 37.3 Å². The van der Waals surface area contributed by atoms with Crippen LogP contribution >= 0.6 is 0 Å². The maximum absolute atomic E-state index is 12.7. The van der Waals surface area contributed by atoms with Crippen LogP contribution in [0, 0.1) is 23.2 Å². The van der Waals surface area contributed by atoms with Crippen molar-refractivity contribution in [1.82, 2.24) is 10.6 Å². The molecule has 0 radical (unpaired) electrons. The van der Waals surface area contributed by atoms with Crippen molar-refractivity contribution in [3.63, 3.8) is 0 Å². The number of hydrogen-bond donors (Lipinski definition) is 2. The van der Waals surface area contributed by atoms with Gasteiger partial charge in [-0.05, 0) is 69.2 Å². The summed E-state index contributed by atoms with van der Waals surface area (Å²) < 4.78 is 0. The van der Waals surface area contributed by atoms with E-state index in [-0.39, 0.29) is 5.41 Å². The fraction of sp³-hybridized carbons (Fsp3) is 0.933. The predicted octanol–water partition coefficient (Wildman–Crippen LogP) is 1.68. The molecule has 18 heavy (non-hydrogen) atoms. The molecule has 2 N–H and O–H groups in total. The number of hydrogen-bond acceptors (Lipinski definition) is 2.